The summed E-state index contributed by atoms with van der Waals surface area (Å²) in [5.74, 6) is 0.636. The second-order valence-electron chi connectivity index (χ2n) is 11.6. The fraction of sp³-hybridized carbons (Fsp3) is 0.559. The molecule has 1 aromatic heterocycles. The molecule has 2 saturated carbocycles. The maximum absolute atomic E-state index is 11.1. The molecular formula is C34H46IrNO2-. The number of pyridine rings is 1. The first-order chi connectivity index (χ1) is 17.9. The van der Waals surface area contributed by atoms with Gasteiger partial charge in [-0.05, 0) is 90.6 Å². The van der Waals surface area contributed by atoms with Gasteiger partial charge in [0.05, 0.1) is 12.2 Å². The van der Waals surface area contributed by atoms with E-state index in [4.69, 9.17) is 0 Å². The van der Waals surface area contributed by atoms with E-state index in [1.54, 1.807) is 0 Å². The number of aromatic nitrogens is 1. The third-order valence-electron chi connectivity index (χ3n) is 10.2. The first-order valence-corrected chi connectivity index (χ1v) is 14.5. The molecule has 3 aromatic rings. The summed E-state index contributed by atoms with van der Waals surface area (Å²) in [5, 5.41) is 24.5. The van der Waals surface area contributed by atoms with Crippen LogP contribution in [0.2, 0.25) is 0 Å². The Hall–Kier alpha value is -1.58. The van der Waals surface area contributed by atoms with Crippen molar-refractivity contribution in [2.24, 2.45) is 22.7 Å². The van der Waals surface area contributed by atoms with Crippen LogP contribution in [0.5, 0.6) is 0 Å². The van der Waals surface area contributed by atoms with Crippen molar-refractivity contribution in [3.05, 3.63) is 66.4 Å². The largest absolute Gasteiger partial charge is 0.392 e. The van der Waals surface area contributed by atoms with Gasteiger partial charge in [-0.2, -0.15) is 0 Å². The van der Waals surface area contributed by atoms with Gasteiger partial charge in [0.1, 0.15) is 0 Å². The smallest absolute Gasteiger partial charge is 0.0651 e. The molecule has 0 bridgehead atoms. The summed E-state index contributed by atoms with van der Waals surface area (Å²) in [4.78, 5) is 4.55. The van der Waals surface area contributed by atoms with Crippen LogP contribution in [0.25, 0.3) is 22.0 Å². The molecule has 38 heavy (non-hydrogen) atoms. The minimum Gasteiger partial charge on any atom is -0.392 e. The molecule has 2 aromatic carbocycles. The first-order valence-electron chi connectivity index (χ1n) is 14.5. The number of nitrogens with zero attached hydrogens (tertiary/aromatic N) is 1. The predicted octanol–water partition coefficient (Wildman–Crippen LogP) is 8.15. The van der Waals surface area contributed by atoms with Crippen molar-refractivity contribution in [2.45, 2.75) is 98.2 Å². The zero-order chi connectivity index (χ0) is 26.6. The van der Waals surface area contributed by atoms with E-state index in [0.29, 0.717) is 5.92 Å². The van der Waals surface area contributed by atoms with Crippen molar-refractivity contribution in [1.29, 1.82) is 0 Å². The Morgan fingerprint density at radius 3 is 2.08 bits per heavy atom. The van der Waals surface area contributed by atoms with E-state index in [-0.39, 0.29) is 49.1 Å². The quantitative estimate of drug-likeness (QED) is 0.266. The summed E-state index contributed by atoms with van der Waals surface area (Å²) in [5.41, 5.74) is 3.36. The average Bonchev–Trinajstić information content (AvgIpc) is 3.15. The summed E-state index contributed by atoms with van der Waals surface area (Å²) in [6.45, 7) is 10.9. The molecule has 5 rings (SSSR count). The van der Waals surface area contributed by atoms with E-state index in [1.165, 1.54) is 29.2 Å². The Kier molecular flexibility index (Phi) is 10.7. The first kappa shape index (κ1) is 31.0. The fourth-order valence-electron chi connectivity index (χ4n) is 7.51. The van der Waals surface area contributed by atoms with Gasteiger partial charge in [-0.25, -0.2) is 0 Å². The number of aliphatic hydroxyl groups is 2. The van der Waals surface area contributed by atoms with Crippen molar-refractivity contribution < 1.29 is 30.3 Å². The van der Waals surface area contributed by atoms with Crippen molar-refractivity contribution in [1.82, 2.24) is 4.98 Å². The molecule has 0 saturated heterocycles. The average molecular weight is 693 g/mol. The van der Waals surface area contributed by atoms with E-state index in [9.17, 15) is 10.2 Å². The molecule has 4 unspecified atom stereocenters. The van der Waals surface area contributed by atoms with Gasteiger partial charge in [0.25, 0.3) is 0 Å². The molecule has 2 fully saturated rings. The third-order valence-corrected chi connectivity index (χ3v) is 10.2. The zero-order valence-electron chi connectivity index (χ0n) is 23.8. The minimum atomic E-state index is -0.319. The van der Waals surface area contributed by atoms with E-state index in [2.05, 4.69) is 69.9 Å². The summed E-state index contributed by atoms with van der Waals surface area (Å²) < 4.78 is 0. The number of benzene rings is 2. The van der Waals surface area contributed by atoms with Crippen LogP contribution < -0.4 is 0 Å². The number of hydrogen-bond donors (Lipinski definition) is 2. The Labute approximate surface area is 243 Å². The van der Waals surface area contributed by atoms with E-state index < -0.39 is 0 Å². The van der Waals surface area contributed by atoms with Gasteiger partial charge in [0.2, 0.25) is 0 Å². The van der Waals surface area contributed by atoms with Gasteiger partial charge >= 0.3 is 0 Å². The van der Waals surface area contributed by atoms with E-state index in [0.717, 1.165) is 49.8 Å². The number of aryl methyl sites for hydroxylation is 1. The van der Waals surface area contributed by atoms with Gasteiger partial charge in [0, 0.05) is 32.2 Å². The number of hydrogen-bond acceptors (Lipinski definition) is 3. The summed E-state index contributed by atoms with van der Waals surface area (Å²) in [6.07, 6.45) is 10.1. The maximum Gasteiger partial charge on any atom is 0.0651 e. The predicted molar refractivity (Wildman–Crippen MR) is 154 cm³/mol. The number of rotatable bonds is 5. The number of fused-ring (bicyclic) bond motifs is 2. The Morgan fingerprint density at radius 1 is 0.868 bits per heavy atom. The molecule has 4 heteroatoms. The normalized spacial score (nSPS) is 25.4. The summed E-state index contributed by atoms with van der Waals surface area (Å²) >= 11 is 0. The Bertz CT molecular complexity index is 1160. The third kappa shape index (κ3) is 5.66. The number of aliphatic hydroxyl groups excluding tert-OH is 2. The zero-order valence-corrected chi connectivity index (χ0v) is 26.2. The van der Waals surface area contributed by atoms with Crippen LogP contribution >= 0.6 is 0 Å². The monoisotopic (exact) mass is 693 g/mol. The standard InChI is InChI=1S/C18H34O2.C16H12N.Ir/c1-5-17(6-2)11-9-10-13-12-18(7-3,8-4)16(20)14(13)15(17)19;1-12-11-17-16(13-7-3-2-4-8-13)15-10-6-5-9-14(12)15;/h13-16,19-20H,5-12H2,1-4H3;2-7,9-11H,1H3;/q;-1;. The van der Waals surface area contributed by atoms with Crippen LogP contribution in [0.15, 0.2) is 54.7 Å². The molecule has 0 spiro atoms. The second-order valence-corrected chi connectivity index (χ2v) is 11.6. The molecule has 1 radical (unpaired) electrons. The van der Waals surface area contributed by atoms with Crippen LogP contribution in [0.4, 0.5) is 0 Å². The topological polar surface area (TPSA) is 53.4 Å². The van der Waals surface area contributed by atoms with Crippen LogP contribution in [-0.4, -0.2) is 27.4 Å². The molecule has 0 amide bonds. The molecule has 4 atom stereocenters. The van der Waals surface area contributed by atoms with Crippen molar-refractivity contribution >= 4 is 10.8 Å². The van der Waals surface area contributed by atoms with Gasteiger partial charge < -0.3 is 15.2 Å². The summed E-state index contributed by atoms with van der Waals surface area (Å²) in [7, 11) is 0. The second kappa shape index (κ2) is 13.2. The molecule has 2 aliphatic carbocycles. The molecule has 2 N–H and O–H groups in total. The SMILES string of the molecule is CCC1(CC)CCCC2CC(CC)(CC)C(O)C2C1O.Cc1cnc(-c2[c-]cccc2)c2ccccc12.[Ir]. The van der Waals surface area contributed by atoms with Gasteiger partial charge in [0.15, 0.2) is 0 Å². The maximum atomic E-state index is 11.1. The molecule has 2 aliphatic rings. The fourth-order valence-corrected chi connectivity index (χ4v) is 7.51. The Balaban J connectivity index is 0.000000207. The van der Waals surface area contributed by atoms with Crippen LogP contribution in [0.3, 0.4) is 0 Å². The molecule has 1 heterocycles. The van der Waals surface area contributed by atoms with Crippen molar-refractivity contribution in [2.75, 3.05) is 0 Å². The van der Waals surface area contributed by atoms with Gasteiger partial charge in [-0.15, -0.1) is 35.9 Å². The van der Waals surface area contributed by atoms with Crippen molar-refractivity contribution in [3.63, 3.8) is 0 Å². The van der Waals surface area contributed by atoms with Crippen molar-refractivity contribution in [3.8, 4) is 11.3 Å². The summed E-state index contributed by atoms with van der Waals surface area (Å²) in [6, 6.07) is 19.6. The van der Waals surface area contributed by atoms with Crippen LogP contribution in [0.1, 0.15) is 84.6 Å². The van der Waals surface area contributed by atoms with Crippen LogP contribution in [0, 0.1) is 35.7 Å². The molecule has 209 valence electrons. The van der Waals surface area contributed by atoms with Gasteiger partial charge in [-0.3, -0.25) is 0 Å². The van der Waals surface area contributed by atoms with E-state index >= 15 is 0 Å². The van der Waals surface area contributed by atoms with Gasteiger partial charge in [-0.1, -0.05) is 58.4 Å². The van der Waals surface area contributed by atoms with Crippen LogP contribution in [-0.2, 0) is 20.1 Å². The minimum absolute atomic E-state index is 0. The Morgan fingerprint density at radius 2 is 1.47 bits per heavy atom. The molecule has 0 aliphatic heterocycles. The molecular weight excluding hydrogens is 647 g/mol. The van der Waals surface area contributed by atoms with E-state index in [1.807, 2.05) is 30.5 Å². The molecule has 3 nitrogen and oxygen atoms in total.